The van der Waals surface area contributed by atoms with E-state index in [0.717, 1.165) is 12.1 Å². The van der Waals surface area contributed by atoms with Crippen molar-refractivity contribution in [2.45, 2.75) is 12.2 Å². The SMILES string of the molecule is CO[C@@H](CNC(=O)[C@@H]1CNCCO1)c1ccccc1Cl. The van der Waals surface area contributed by atoms with E-state index < -0.39 is 6.10 Å². The van der Waals surface area contributed by atoms with E-state index in [9.17, 15) is 4.79 Å². The fourth-order valence-corrected chi connectivity index (χ4v) is 2.35. The average Bonchev–Trinajstić information content (AvgIpc) is 2.50. The van der Waals surface area contributed by atoms with Crippen molar-refractivity contribution in [1.29, 1.82) is 0 Å². The van der Waals surface area contributed by atoms with Gasteiger partial charge in [-0.3, -0.25) is 4.79 Å². The third-order valence-corrected chi connectivity index (χ3v) is 3.56. The van der Waals surface area contributed by atoms with Gasteiger partial charge in [0.05, 0.1) is 6.61 Å². The molecule has 0 unspecified atom stereocenters. The number of ether oxygens (including phenoxy) is 2. The van der Waals surface area contributed by atoms with E-state index in [1.165, 1.54) is 0 Å². The van der Waals surface area contributed by atoms with Gasteiger partial charge in [-0.2, -0.15) is 0 Å². The van der Waals surface area contributed by atoms with Gasteiger partial charge in [0.25, 0.3) is 5.91 Å². The molecule has 1 aliphatic rings. The standard InChI is InChI=1S/C14H19ClN2O3/c1-19-12(10-4-2-3-5-11(10)15)9-17-14(18)13-8-16-6-7-20-13/h2-5,12-13,16H,6-9H2,1H3,(H,17,18)/t12-,13-/m0/s1. The van der Waals surface area contributed by atoms with Gasteiger partial charge in [0.1, 0.15) is 12.2 Å². The summed E-state index contributed by atoms with van der Waals surface area (Å²) in [6, 6.07) is 7.45. The maximum Gasteiger partial charge on any atom is 0.250 e. The van der Waals surface area contributed by atoms with Crippen molar-refractivity contribution in [3.63, 3.8) is 0 Å². The fourth-order valence-electron chi connectivity index (χ4n) is 2.10. The molecule has 1 fully saturated rings. The predicted octanol–water partition coefficient (Wildman–Crippen LogP) is 1.13. The maximum atomic E-state index is 12.0. The van der Waals surface area contributed by atoms with Gasteiger partial charge in [-0.1, -0.05) is 29.8 Å². The summed E-state index contributed by atoms with van der Waals surface area (Å²) in [7, 11) is 1.60. The smallest absolute Gasteiger partial charge is 0.250 e. The van der Waals surface area contributed by atoms with Crippen molar-refractivity contribution in [1.82, 2.24) is 10.6 Å². The summed E-state index contributed by atoms with van der Waals surface area (Å²) in [6.07, 6.45) is -0.711. The third kappa shape index (κ3) is 3.93. The Kier molecular flexibility index (Phi) is 5.79. The number of morpholine rings is 1. The van der Waals surface area contributed by atoms with Crippen LogP contribution in [0.15, 0.2) is 24.3 Å². The number of carbonyl (C=O) groups excluding carboxylic acids is 1. The Hall–Kier alpha value is -1.14. The molecule has 0 radical (unpaired) electrons. The van der Waals surface area contributed by atoms with Crippen LogP contribution in [0.1, 0.15) is 11.7 Å². The van der Waals surface area contributed by atoms with Crippen molar-refractivity contribution < 1.29 is 14.3 Å². The minimum atomic E-state index is -0.437. The Morgan fingerprint density at radius 1 is 1.60 bits per heavy atom. The summed E-state index contributed by atoms with van der Waals surface area (Å²) in [5.74, 6) is -0.133. The van der Waals surface area contributed by atoms with Gasteiger partial charge in [-0.05, 0) is 6.07 Å². The molecule has 0 aliphatic carbocycles. The zero-order valence-corrected chi connectivity index (χ0v) is 12.2. The summed E-state index contributed by atoms with van der Waals surface area (Å²) in [4.78, 5) is 12.0. The van der Waals surface area contributed by atoms with Crippen molar-refractivity contribution >= 4 is 17.5 Å². The zero-order valence-electron chi connectivity index (χ0n) is 11.4. The Morgan fingerprint density at radius 3 is 3.05 bits per heavy atom. The van der Waals surface area contributed by atoms with E-state index in [2.05, 4.69) is 10.6 Å². The molecule has 1 amide bonds. The highest BCUT2D eigenvalue weighted by molar-refractivity contribution is 6.31. The molecule has 0 aromatic heterocycles. The quantitative estimate of drug-likeness (QED) is 0.856. The van der Waals surface area contributed by atoms with E-state index in [0.29, 0.717) is 24.7 Å². The second-order valence-corrected chi connectivity index (χ2v) is 4.96. The summed E-state index contributed by atoms with van der Waals surface area (Å²) >= 11 is 6.13. The normalized spacial score (nSPS) is 20.4. The number of benzene rings is 1. The van der Waals surface area contributed by atoms with E-state index in [1.807, 2.05) is 18.2 Å². The summed E-state index contributed by atoms with van der Waals surface area (Å²) < 4.78 is 10.8. The number of hydrogen-bond donors (Lipinski definition) is 2. The Bertz CT molecular complexity index is 450. The minimum Gasteiger partial charge on any atom is -0.375 e. The van der Waals surface area contributed by atoms with Crippen LogP contribution in [-0.4, -0.2) is 45.4 Å². The molecule has 6 heteroatoms. The molecule has 0 spiro atoms. The van der Waals surface area contributed by atoms with Gasteiger partial charge < -0.3 is 20.1 Å². The molecule has 1 heterocycles. The number of hydrogen-bond acceptors (Lipinski definition) is 4. The maximum absolute atomic E-state index is 12.0. The largest absolute Gasteiger partial charge is 0.375 e. The summed E-state index contributed by atoms with van der Waals surface area (Å²) in [5.41, 5.74) is 0.861. The molecule has 20 heavy (non-hydrogen) atoms. The summed E-state index contributed by atoms with van der Waals surface area (Å²) in [6.45, 7) is 2.23. The van der Waals surface area contributed by atoms with Gasteiger partial charge in [0, 0.05) is 37.3 Å². The number of rotatable bonds is 5. The topological polar surface area (TPSA) is 59.6 Å². The number of nitrogens with one attached hydrogen (secondary N) is 2. The average molecular weight is 299 g/mol. The second-order valence-electron chi connectivity index (χ2n) is 4.55. The highest BCUT2D eigenvalue weighted by Gasteiger charge is 2.23. The van der Waals surface area contributed by atoms with Crippen molar-refractivity contribution in [2.24, 2.45) is 0 Å². The molecule has 1 saturated heterocycles. The predicted molar refractivity (Wildman–Crippen MR) is 76.8 cm³/mol. The number of amides is 1. The molecule has 2 N–H and O–H groups in total. The zero-order chi connectivity index (χ0) is 14.4. The Balaban J connectivity index is 1.90. The fraction of sp³-hybridized carbons (Fsp3) is 0.500. The second kappa shape index (κ2) is 7.59. The Morgan fingerprint density at radius 2 is 2.40 bits per heavy atom. The summed E-state index contributed by atoms with van der Waals surface area (Å²) in [5, 5.41) is 6.59. The molecule has 5 nitrogen and oxygen atoms in total. The van der Waals surface area contributed by atoms with Crippen LogP contribution in [0.25, 0.3) is 0 Å². The monoisotopic (exact) mass is 298 g/mol. The van der Waals surface area contributed by atoms with Crippen LogP contribution in [0.3, 0.4) is 0 Å². The third-order valence-electron chi connectivity index (χ3n) is 3.22. The molecular weight excluding hydrogens is 280 g/mol. The molecule has 1 aliphatic heterocycles. The lowest BCUT2D eigenvalue weighted by atomic mass is 10.1. The van der Waals surface area contributed by atoms with Crippen LogP contribution in [-0.2, 0) is 14.3 Å². The lowest BCUT2D eigenvalue weighted by Crippen LogP contribution is -2.48. The van der Waals surface area contributed by atoms with Gasteiger partial charge in [-0.25, -0.2) is 0 Å². The van der Waals surface area contributed by atoms with Crippen LogP contribution >= 0.6 is 11.6 Å². The van der Waals surface area contributed by atoms with Crippen LogP contribution in [0.4, 0.5) is 0 Å². The first-order chi connectivity index (χ1) is 9.72. The number of methoxy groups -OCH3 is 1. The molecule has 1 aromatic carbocycles. The lowest BCUT2D eigenvalue weighted by Gasteiger charge is -2.24. The highest BCUT2D eigenvalue weighted by Crippen LogP contribution is 2.24. The molecule has 2 rings (SSSR count). The molecule has 1 aromatic rings. The minimum absolute atomic E-state index is 0.133. The van der Waals surface area contributed by atoms with Crippen molar-refractivity contribution in [3.8, 4) is 0 Å². The Labute approximate surface area is 123 Å². The number of carbonyl (C=O) groups is 1. The van der Waals surface area contributed by atoms with E-state index in [-0.39, 0.29) is 12.0 Å². The van der Waals surface area contributed by atoms with Crippen LogP contribution in [0.2, 0.25) is 5.02 Å². The van der Waals surface area contributed by atoms with E-state index in [4.69, 9.17) is 21.1 Å². The van der Waals surface area contributed by atoms with Crippen molar-refractivity contribution in [3.05, 3.63) is 34.9 Å². The first kappa shape index (κ1) is 15.3. The van der Waals surface area contributed by atoms with Gasteiger partial charge >= 0.3 is 0 Å². The number of halogens is 1. The van der Waals surface area contributed by atoms with Crippen LogP contribution in [0, 0.1) is 0 Å². The molecular formula is C14H19ClN2O3. The van der Waals surface area contributed by atoms with Gasteiger partial charge in [-0.15, -0.1) is 0 Å². The van der Waals surface area contributed by atoms with Gasteiger partial charge in [0.15, 0.2) is 0 Å². The van der Waals surface area contributed by atoms with Crippen LogP contribution < -0.4 is 10.6 Å². The van der Waals surface area contributed by atoms with E-state index >= 15 is 0 Å². The molecule has 110 valence electrons. The molecule has 0 bridgehead atoms. The van der Waals surface area contributed by atoms with Crippen molar-refractivity contribution in [2.75, 3.05) is 33.4 Å². The highest BCUT2D eigenvalue weighted by atomic mass is 35.5. The van der Waals surface area contributed by atoms with Crippen LogP contribution in [0.5, 0.6) is 0 Å². The van der Waals surface area contributed by atoms with Gasteiger partial charge in [0.2, 0.25) is 0 Å². The first-order valence-electron chi connectivity index (χ1n) is 6.59. The molecule has 0 saturated carbocycles. The lowest BCUT2D eigenvalue weighted by molar-refractivity contribution is -0.134. The molecule has 2 atom stereocenters. The van der Waals surface area contributed by atoms with E-state index in [1.54, 1.807) is 13.2 Å². The first-order valence-corrected chi connectivity index (χ1v) is 6.97.